The number of fused-ring (bicyclic) bond motifs is 1. The lowest BCUT2D eigenvalue weighted by atomic mass is 9.81. The number of aliphatic hydroxyl groups is 1. The maximum absolute atomic E-state index is 12.0. The fraction of sp³-hybridized carbons (Fsp3) is 0.923. The zero-order chi connectivity index (χ0) is 13.4. The minimum absolute atomic E-state index is 0.000694. The lowest BCUT2D eigenvalue weighted by molar-refractivity contribution is -0.154. The van der Waals surface area contributed by atoms with E-state index in [4.69, 9.17) is 9.47 Å². The van der Waals surface area contributed by atoms with Crippen LogP contribution in [0.1, 0.15) is 46.5 Å². The van der Waals surface area contributed by atoms with Crippen LogP contribution in [0.4, 0.5) is 0 Å². The van der Waals surface area contributed by atoms with Gasteiger partial charge in [-0.2, -0.15) is 0 Å². The average Bonchev–Trinajstić information content (AvgIpc) is 2.58. The first-order valence-electron chi connectivity index (χ1n) is 6.72. The van der Waals surface area contributed by atoms with Crippen molar-refractivity contribution in [3.05, 3.63) is 0 Å². The van der Waals surface area contributed by atoms with Crippen molar-refractivity contribution in [1.82, 2.24) is 5.32 Å². The molecule has 0 radical (unpaired) electrons. The Bertz CT molecular complexity index is 331. The molecular weight excluding hydrogens is 234 g/mol. The van der Waals surface area contributed by atoms with Crippen LogP contribution in [0.3, 0.4) is 0 Å². The molecule has 1 heterocycles. The third-order valence-corrected chi connectivity index (χ3v) is 3.62. The summed E-state index contributed by atoms with van der Waals surface area (Å²) in [5, 5.41) is 13.2. The first kappa shape index (κ1) is 13.8. The van der Waals surface area contributed by atoms with Crippen LogP contribution in [0.15, 0.2) is 0 Å². The molecule has 0 aromatic heterocycles. The molecule has 5 heteroatoms. The van der Waals surface area contributed by atoms with Crippen molar-refractivity contribution in [2.45, 2.75) is 70.1 Å². The number of nitrogens with one attached hydrogen (secondary N) is 1. The van der Waals surface area contributed by atoms with Gasteiger partial charge in [-0.05, 0) is 33.1 Å². The van der Waals surface area contributed by atoms with Crippen LogP contribution < -0.4 is 5.32 Å². The van der Waals surface area contributed by atoms with Crippen molar-refractivity contribution < 1.29 is 19.4 Å². The van der Waals surface area contributed by atoms with Gasteiger partial charge in [0.15, 0.2) is 5.79 Å². The Morgan fingerprint density at radius 3 is 2.72 bits per heavy atom. The molecule has 0 aromatic rings. The molecule has 0 bridgehead atoms. The molecule has 104 valence electrons. The summed E-state index contributed by atoms with van der Waals surface area (Å²) in [6.45, 7) is 6.30. The third kappa shape index (κ3) is 2.68. The van der Waals surface area contributed by atoms with E-state index in [-0.39, 0.29) is 18.1 Å². The Morgan fingerprint density at radius 1 is 1.39 bits per heavy atom. The highest BCUT2D eigenvalue weighted by molar-refractivity contribution is 5.85. The average molecular weight is 257 g/mol. The molecule has 1 aliphatic heterocycles. The van der Waals surface area contributed by atoms with E-state index < -0.39 is 11.4 Å². The largest absolute Gasteiger partial charge is 0.380 e. The zero-order valence-corrected chi connectivity index (χ0v) is 11.4. The molecule has 2 fully saturated rings. The second-order valence-electron chi connectivity index (χ2n) is 5.74. The highest BCUT2D eigenvalue weighted by atomic mass is 16.8. The van der Waals surface area contributed by atoms with E-state index in [1.165, 1.54) is 0 Å². The Labute approximate surface area is 108 Å². The molecule has 2 aliphatic rings. The van der Waals surface area contributed by atoms with Crippen LogP contribution in [0.2, 0.25) is 0 Å². The van der Waals surface area contributed by atoms with Crippen molar-refractivity contribution in [3.63, 3.8) is 0 Å². The topological polar surface area (TPSA) is 67.8 Å². The molecule has 1 aliphatic carbocycles. The van der Waals surface area contributed by atoms with Crippen LogP contribution in [-0.2, 0) is 14.3 Å². The van der Waals surface area contributed by atoms with Gasteiger partial charge < -0.3 is 19.9 Å². The first-order valence-corrected chi connectivity index (χ1v) is 6.72. The molecule has 1 saturated carbocycles. The molecule has 1 saturated heterocycles. The van der Waals surface area contributed by atoms with Gasteiger partial charge in [0.25, 0.3) is 5.91 Å². The minimum Gasteiger partial charge on any atom is -0.380 e. The summed E-state index contributed by atoms with van der Waals surface area (Å²) in [5.41, 5.74) is -1.31. The number of carbonyl (C=O) groups excluding carboxylic acids is 1. The monoisotopic (exact) mass is 257 g/mol. The van der Waals surface area contributed by atoms with E-state index in [0.717, 1.165) is 6.42 Å². The van der Waals surface area contributed by atoms with Crippen molar-refractivity contribution in [3.8, 4) is 0 Å². The van der Waals surface area contributed by atoms with Gasteiger partial charge >= 0.3 is 0 Å². The zero-order valence-electron chi connectivity index (χ0n) is 11.4. The van der Waals surface area contributed by atoms with E-state index in [2.05, 4.69) is 5.32 Å². The SMILES string of the molecule is CCCNC(=O)[C@@]1(O)CC[C@@H]2OC(C)(C)O[C@@H]2C1. The molecule has 0 aromatic carbocycles. The predicted molar refractivity (Wildman–Crippen MR) is 65.9 cm³/mol. The van der Waals surface area contributed by atoms with E-state index in [1.54, 1.807) is 0 Å². The second kappa shape index (κ2) is 4.79. The number of amides is 1. The van der Waals surface area contributed by atoms with Crippen molar-refractivity contribution in [2.24, 2.45) is 0 Å². The molecule has 2 rings (SSSR count). The van der Waals surface area contributed by atoms with Gasteiger partial charge in [-0.1, -0.05) is 6.92 Å². The molecule has 2 N–H and O–H groups in total. The maximum atomic E-state index is 12.0. The Hall–Kier alpha value is -0.650. The molecule has 0 unspecified atom stereocenters. The second-order valence-corrected chi connectivity index (χ2v) is 5.74. The van der Waals surface area contributed by atoms with Gasteiger partial charge in [-0.3, -0.25) is 4.79 Å². The number of ether oxygens (including phenoxy) is 2. The fourth-order valence-electron chi connectivity index (χ4n) is 2.75. The van der Waals surface area contributed by atoms with Crippen molar-refractivity contribution >= 4 is 5.91 Å². The molecule has 5 nitrogen and oxygen atoms in total. The summed E-state index contributed by atoms with van der Waals surface area (Å²) in [5.74, 6) is -0.892. The summed E-state index contributed by atoms with van der Waals surface area (Å²) < 4.78 is 11.5. The van der Waals surface area contributed by atoms with E-state index in [0.29, 0.717) is 25.8 Å². The van der Waals surface area contributed by atoms with Gasteiger partial charge in [0.2, 0.25) is 0 Å². The lowest BCUT2D eigenvalue weighted by Gasteiger charge is -2.35. The van der Waals surface area contributed by atoms with Gasteiger partial charge in [-0.25, -0.2) is 0 Å². The van der Waals surface area contributed by atoms with E-state index in [9.17, 15) is 9.90 Å². The smallest absolute Gasteiger partial charge is 0.252 e. The predicted octanol–water partition coefficient (Wildman–Crippen LogP) is 0.948. The number of hydrogen-bond acceptors (Lipinski definition) is 4. The summed E-state index contributed by atoms with van der Waals surface area (Å²) >= 11 is 0. The molecular formula is C13H23NO4. The first-order chi connectivity index (χ1) is 8.36. The number of rotatable bonds is 3. The summed E-state index contributed by atoms with van der Waals surface area (Å²) in [6.07, 6.45) is 2.08. The van der Waals surface area contributed by atoms with Gasteiger partial charge in [-0.15, -0.1) is 0 Å². The van der Waals surface area contributed by atoms with Crippen molar-refractivity contribution in [2.75, 3.05) is 6.54 Å². The fourth-order valence-corrected chi connectivity index (χ4v) is 2.75. The highest BCUT2D eigenvalue weighted by Gasteiger charge is 2.51. The molecule has 0 spiro atoms. The van der Waals surface area contributed by atoms with Crippen LogP contribution in [0.5, 0.6) is 0 Å². The molecule has 3 atom stereocenters. The summed E-state index contributed by atoms with van der Waals surface area (Å²) in [4.78, 5) is 12.0. The van der Waals surface area contributed by atoms with Crippen LogP contribution in [-0.4, -0.2) is 41.2 Å². The van der Waals surface area contributed by atoms with E-state index in [1.807, 2.05) is 20.8 Å². The standard InChI is InChI=1S/C13H23NO4/c1-4-7-14-11(15)13(16)6-5-9-10(8-13)18-12(2,3)17-9/h9-10,16H,4-8H2,1-3H3,(H,14,15)/t9-,10+,13+/m0/s1. The maximum Gasteiger partial charge on any atom is 0.252 e. The van der Waals surface area contributed by atoms with Crippen LogP contribution in [0, 0.1) is 0 Å². The Balaban J connectivity index is 1.99. The van der Waals surface area contributed by atoms with Crippen molar-refractivity contribution in [1.29, 1.82) is 0 Å². The summed E-state index contributed by atoms with van der Waals surface area (Å²) in [7, 11) is 0. The normalized spacial score (nSPS) is 38.2. The van der Waals surface area contributed by atoms with Gasteiger partial charge in [0, 0.05) is 13.0 Å². The molecule has 1 amide bonds. The summed E-state index contributed by atoms with van der Waals surface area (Å²) in [6, 6.07) is 0. The van der Waals surface area contributed by atoms with E-state index >= 15 is 0 Å². The quantitative estimate of drug-likeness (QED) is 0.790. The number of carbonyl (C=O) groups is 1. The highest BCUT2D eigenvalue weighted by Crippen LogP contribution is 2.40. The number of hydrogen-bond donors (Lipinski definition) is 2. The Morgan fingerprint density at radius 2 is 2.06 bits per heavy atom. The lowest BCUT2D eigenvalue weighted by Crippen LogP contribution is -2.53. The molecule has 18 heavy (non-hydrogen) atoms. The van der Waals surface area contributed by atoms with Gasteiger partial charge in [0.1, 0.15) is 5.60 Å². The van der Waals surface area contributed by atoms with Crippen LogP contribution in [0.25, 0.3) is 0 Å². The third-order valence-electron chi connectivity index (χ3n) is 3.62. The van der Waals surface area contributed by atoms with Gasteiger partial charge in [0.05, 0.1) is 12.2 Å². The minimum atomic E-state index is -1.31. The van der Waals surface area contributed by atoms with Crippen LogP contribution >= 0.6 is 0 Å². The Kier molecular flexibility index (Phi) is 3.67.